The number of hydrogen-bond acceptors (Lipinski definition) is 2. The van der Waals surface area contributed by atoms with Crippen LogP contribution in [0.3, 0.4) is 0 Å². The van der Waals surface area contributed by atoms with E-state index in [1.54, 1.807) is 0 Å². The molecule has 0 bridgehead atoms. The summed E-state index contributed by atoms with van der Waals surface area (Å²) >= 11 is 0. The Bertz CT molecular complexity index is 204. The van der Waals surface area contributed by atoms with Crippen molar-refractivity contribution >= 4 is 5.91 Å². The molecule has 1 heterocycles. The van der Waals surface area contributed by atoms with Crippen LogP contribution in [0.5, 0.6) is 0 Å². The van der Waals surface area contributed by atoms with Crippen molar-refractivity contribution in [2.24, 2.45) is 5.92 Å². The van der Waals surface area contributed by atoms with Crippen LogP contribution in [-0.4, -0.2) is 24.5 Å². The summed E-state index contributed by atoms with van der Waals surface area (Å²) in [4.78, 5) is 11.4. The van der Waals surface area contributed by atoms with Crippen molar-refractivity contribution in [2.75, 3.05) is 6.54 Å². The highest BCUT2D eigenvalue weighted by atomic mass is 16.1. The maximum absolute atomic E-state index is 11.4. The molecule has 0 saturated carbocycles. The molecule has 0 aliphatic carbocycles. The van der Waals surface area contributed by atoms with Gasteiger partial charge in [0.2, 0.25) is 5.91 Å². The minimum atomic E-state index is 0.185. The van der Waals surface area contributed by atoms with Crippen LogP contribution in [0.15, 0.2) is 0 Å². The van der Waals surface area contributed by atoms with E-state index in [0.29, 0.717) is 24.4 Å². The molecule has 0 spiro atoms. The molecular weight excluding hydrogens is 188 g/mol. The number of hydrogen-bond donors (Lipinski definition) is 2. The van der Waals surface area contributed by atoms with Crippen molar-refractivity contribution in [3.8, 4) is 0 Å². The first kappa shape index (κ1) is 12.5. The molecule has 0 aromatic heterocycles. The van der Waals surface area contributed by atoms with Gasteiger partial charge in [0.25, 0.3) is 0 Å². The van der Waals surface area contributed by atoms with E-state index in [1.807, 2.05) is 0 Å². The van der Waals surface area contributed by atoms with Crippen LogP contribution in [-0.2, 0) is 4.79 Å². The zero-order chi connectivity index (χ0) is 11.3. The van der Waals surface area contributed by atoms with Gasteiger partial charge in [-0.15, -0.1) is 0 Å². The van der Waals surface area contributed by atoms with Gasteiger partial charge in [0.1, 0.15) is 0 Å². The number of piperidine rings is 1. The molecule has 1 amide bonds. The van der Waals surface area contributed by atoms with Crippen LogP contribution in [0.25, 0.3) is 0 Å². The molecule has 2 unspecified atom stereocenters. The summed E-state index contributed by atoms with van der Waals surface area (Å²) in [5.74, 6) is 0.633. The molecule has 1 aliphatic rings. The molecule has 0 radical (unpaired) electrons. The molecule has 1 aliphatic heterocycles. The lowest BCUT2D eigenvalue weighted by Crippen LogP contribution is -2.47. The number of rotatable bonds is 4. The molecule has 3 heteroatoms. The van der Waals surface area contributed by atoms with E-state index in [0.717, 1.165) is 6.54 Å². The monoisotopic (exact) mass is 212 g/mol. The summed E-state index contributed by atoms with van der Waals surface area (Å²) in [5.41, 5.74) is 0. The molecule has 1 rings (SSSR count). The van der Waals surface area contributed by atoms with E-state index in [2.05, 4.69) is 31.4 Å². The molecule has 1 fully saturated rings. The Morgan fingerprint density at radius 1 is 1.47 bits per heavy atom. The van der Waals surface area contributed by atoms with Crippen LogP contribution >= 0.6 is 0 Å². The van der Waals surface area contributed by atoms with Gasteiger partial charge in [-0.3, -0.25) is 4.79 Å². The summed E-state index contributed by atoms with van der Waals surface area (Å²) < 4.78 is 0. The average Bonchev–Trinajstić information content (AvgIpc) is 2.14. The lowest BCUT2D eigenvalue weighted by atomic mass is 9.99. The Kier molecular flexibility index (Phi) is 5.09. The molecule has 88 valence electrons. The molecule has 0 aromatic carbocycles. The smallest absolute Gasteiger partial charge is 0.220 e. The Balaban J connectivity index is 2.16. The molecular formula is C12H24N2O. The van der Waals surface area contributed by atoms with Crippen LogP contribution in [0.2, 0.25) is 0 Å². The van der Waals surface area contributed by atoms with Crippen molar-refractivity contribution in [3.05, 3.63) is 0 Å². The van der Waals surface area contributed by atoms with Gasteiger partial charge in [0.05, 0.1) is 0 Å². The summed E-state index contributed by atoms with van der Waals surface area (Å²) in [7, 11) is 0. The highest BCUT2D eigenvalue weighted by Gasteiger charge is 2.17. The van der Waals surface area contributed by atoms with Crippen LogP contribution in [0.1, 0.15) is 46.5 Å². The average molecular weight is 212 g/mol. The lowest BCUT2D eigenvalue weighted by Gasteiger charge is -2.28. The Hall–Kier alpha value is -0.570. The molecule has 1 saturated heterocycles. The third-order valence-electron chi connectivity index (χ3n) is 2.85. The maximum atomic E-state index is 11.4. The van der Waals surface area contributed by atoms with Gasteiger partial charge >= 0.3 is 0 Å². The van der Waals surface area contributed by atoms with E-state index in [4.69, 9.17) is 0 Å². The third-order valence-corrected chi connectivity index (χ3v) is 2.85. The molecule has 0 aromatic rings. The molecule has 15 heavy (non-hydrogen) atoms. The van der Waals surface area contributed by atoms with Gasteiger partial charge in [0, 0.05) is 25.0 Å². The van der Waals surface area contributed by atoms with Crippen LogP contribution in [0.4, 0.5) is 0 Å². The second-order valence-corrected chi connectivity index (χ2v) is 5.10. The Morgan fingerprint density at radius 3 is 2.80 bits per heavy atom. The van der Waals surface area contributed by atoms with Gasteiger partial charge < -0.3 is 10.6 Å². The highest BCUT2D eigenvalue weighted by molar-refractivity contribution is 5.76. The molecule has 3 nitrogen and oxygen atoms in total. The fraction of sp³-hybridized carbons (Fsp3) is 0.917. The second kappa shape index (κ2) is 6.11. The van der Waals surface area contributed by atoms with E-state index in [9.17, 15) is 4.79 Å². The fourth-order valence-electron chi connectivity index (χ4n) is 2.08. The highest BCUT2D eigenvalue weighted by Crippen LogP contribution is 2.11. The first-order valence-electron chi connectivity index (χ1n) is 6.10. The number of amides is 1. The van der Waals surface area contributed by atoms with Crippen molar-refractivity contribution in [1.29, 1.82) is 0 Å². The summed E-state index contributed by atoms with van der Waals surface area (Å²) in [6, 6.07) is 1.08. The van der Waals surface area contributed by atoms with Crippen molar-refractivity contribution in [1.82, 2.24) is 10.6 Å². The first-order chi connectivity index (χ1) is 7.08. The van der Waals surface area contributed by atoms with Gasteiger partial charge in [-0.25, -0.2) is 0 Å². The number of carbonyl (C=O) groups is 1. The van der Waals surface area contributed by atoms with Gasteiger partial charge in [-0.05, 0) is 25.7 Å². The zero-order valence-corrected chi connectivity index (χ0v) is 10.2. The number of carbonyl (C=O) groups excluding carboxylic acids is 1. The zero-order valence-electron chi connectivity index (χ0n) is 10.2. The Labute approximate surface area is 93.0 Å². The summed E-state index contributed by atoms with van der Waals surface area (Å²) in [5, 5.41) is 6.51. The van der Waals surface area contributed by atoms with Crippen molar-refractivity contribution < 1.29 is 4.79 Å². The van der Waals surface area contributed by atoms with Crippen molar-refractivity contribution in [3.63, 3.8) is 0 Å². The van der Waals surface area contributed by atoms with E-state index in [-0.39, 0.29) is 5.91 Å². The predicted octanol–water partition coefficient (Wildman–Crippen LogP) is 1.68. The third kappa shape index (κ3) is 5.17. The lowest BCUT2D eigenvalue weighted by molar-refractivity contribution is -0.121. The molecule has 2 N–H and O–H groups in total. The second-order valence-electron chi connectivity index (χ2n) is 5.10. The van der Waals surface area contributed by atoms with Gasteiger partial charge in [0.15, 0.2) is 0 Å². The SMILES string of the molecule is CC(C)CC(=O)NCC1CCCC(C)N1. The standard InChI is InChI=1S/C12H24N2O/c1-9(2)7-12(15)13-8-11-6-4-5-10(3)14-11/h9-11,14H,4-8H2,1-3H3,(H,13,15). The topological polar surface area (TPSA) is 41.1 Å². The number of nitrogens with one attached hydrogen (secondary N) is 2. The quantitative estimate of drug-likeness (QED) is 0.744. The minimum Gasteiger partial charge on any atom is -0.355 e. The van der Waals surface area contributed by atoms with Crippen molar-refractivity contribution in [2.45, 2.75) is 58.5 Å². The van der Waals surface area contributed by atoms with Gasteiger partial charge in [-0.2, -0.15) is 0 Å². The van der Waals surface area contributed by atoms with Gasteiger partial charge in [-0.1, -0.05) is 20.3 Å². The maximum Gasteiger partial charge on any atom is 0.220 e. The summed E-state index contributed by atoms with van der Waals surface area (Å²) in [6.45, 7) is 7.14. The summed E-state index contributed by atoms with van der Waals surface area (Å²) in [6.07, 6.45) is 4.36. The van der Waals surface area contributed by atoms with E-state index >= 15 is 0 Å². The van der Waals surface area contributed by atoms with E-state index in [1.165, 1.54) is 19.3 Å². The molecule has 2 atom stereocenters. The van der Waals surface area contributed by atoms with E-state index < -0.39 is 0 Å². The fourth-order valence-corrected chi connectivity index (χ4v) is 2.08. The normalized spacial score (nSPS) is 26.7. The van der Waals surface area contributed by atoms with Crippen LogP contribution < -0.4 is 10.6 Å². The predicted molar refractivity (Wildman–Crippen MR) is 62.7 cm³/mol. The first-order valence-corrected chi connectivity index (χ1v) is 6.10. The Morgan fingerprint density at radius 2 is 2.20 bits per heavy atom. The minimum absolute atomic E-state index is 0.185. The van der Waals surface area contributed by atoms with Crippen LogP contribution in [0, 0.1) is 5.92 Å². The largest absolute Gasteiger partial charge is 0.355 e.